The highest BCUT2D eigenvalue weighted by atomic mass is 35.5. The van der Waals surface area contributed by atoms with Gasteiger partial charge in [0.2, 0.25) is 0 Å². The smallest absolute Gasteiger partial charge is 0.421 e. The Hall–Kier alpha value is -2.78. The van der Waals surface area contributed by atoms with Gasteiger partial charge in [-0.15, -0.1) is 0 Å². The van der Waals surface area contributed by atoms with Crippen LogP contribution in [0.15, 0.2) is 53.4 Å². The van der Waals surface area contributed by atoms with Gasteiger partial charge in [-0.25, -0.2) is 17.9 Å². The highest BCUT2D eigenvalue weighted by Crippen LogP contribution is 2.19. The van der Waals surface area contributed by atoms with Gasteiger partial charge in [0, 0.05) is 18.0 Å². The lowest BCUT2D eigenvalue weighted by atomic mass is 10.1. The number of carbonyl (C=O) groups is 2. The van der Waals surface area contributed by atoms with Crippen molar-refractivity contribution < 1.29 is 27.6 Å². The topological polar surface area (TPSA) is 102 Å². The van der Waals surface area contributed by atoms with Gasteiger partial charge in [-0.2, -0.15) is 5.06 Å². The van der Waals surface area contributed by atoms with Gasteiger partial charge in [-0.3, -0.25) is 4.79 Å². The van der Waals surface area contributed by atoms with E-state index in [0.717, 1.165) is 5.56 Å². The molecule has 0 heterocycles. The lowest BCUT2D eigenvalue weighted by molar-refractivity contribution is -0.154. The summed E-state index contributed by atoms with van der Waals surface area (Å²) in [5, 5.41) is 1.68. The number of nitrogens with one attached hydrogen (secondary N) is 1. The molecule has 30 heavy (non-hydrogen) atoms. The van der Waals surface area contributed by atoms with E-state index < -0.39 is 22.2 Å². The predicted octanol–water partition coefficient (Wildman–Crippen LogP) is 3.55. The second-order valence-corrected chi connectivity index (χ2v) is 8.74. The van der Waals surface area contributed by atoms with Gasteiger partial charge < -0.3 is 9.57 Å². The van der Waals surface area contributed by atoms with Crippen LogP contribution in [0.1, 0.15) is 26.3 Å². The molecule has 0 saturated heterocycles. The van der Waals surface area contributed by atoms with Crippen molar-refractivity contribution in [1.82, 2.24) is 9.79 Å². The van der Waals surface area contributed by atoms with E-state index in [4.69, 9.17) is 21.2 Å². The van der Waals surface area contributed by atoms with Gasteiger partial charge in [0.15, 0.2) is 5.75 Å². The van der Waals surface area contributed by atoms with Crippen molar-refractivity contribution in [2.45, 2.75) is 38.2 Å². The first-order valence-electron chi connectivity index (χ1n) is 9.11. The number of sulfonamides is 1. The molecule has 0 unspecified atom stereocenters. The van der Waals surface area contributed by atoms with E-state index in [1.54, 1.807) is 50.2 Å². The second kappa shape index (κ2) is 10.3. The molecule has 1 N–H and O–H groups in total. The Labute approximate surface area is 180 Å². The summed E-state index contributed by atoms with van der Waals surface area (Å²) in [6, 6.07) is 12.6. The highest BCUT2D eigenvalue weighted by molar-refractivity contribution is 7.90. The average Bonchev–Trinajstić information content (AvgIpc) is 2.64. The summed E-state index contributed by atoms with van der Waals surface area (Å²) in [4.78, 5) is 28.9. The Kier molecular flexibility index (Phi) is 8.08. The van der Waals surface area contributed by atoms with Gasteiger partial charge in [0.25, 0.3) is 15.9 Å². The van der Waals surface area contributed by atoms with Crippen LogP contribution in [0.4, 0.5) is 4.79 Å². The zero-order valence-electron chi connectivity index (χ0n) is 16.8. The molecule has 0 saturated carbocycles. The van der Waals surface area contributed by atoms with Crippen LogP contribution in [0.5, 0.6) is 5.75 Å². The fourth-order valence-corrected chi connectivity index (χ4v) is 3.45. The Balaban J connectivity index is 2.00. The highest BCUT2D eigenvalue weighted by Gasteiger charge is 2.19. The molecule has 0 atom stereocenters. The Morgan fingerprint density at radius 2 is 1.80 bits per heavy atom. The van der Waals surface area contributed by atoms with Crippen LogP contribution in [0.25, 0.3) is 0 Å². The zero-order valence-corrected chi connectivity index (χ0v) is 18.4. The summed E-state index contributed by atoms with van der Waals surface area (Å²) in [6.45, 7) is 4.85. The van der Waals surface area contributed by atoms with Crippen LogP contribution in [-0.2, 0) is 26.0 Å². The van der Waals surface area contributed by atoms with Crippen LogP contribution in [0.3, 0.4) is 0 Å². The van der Waals surface area contributed by atoms with Crippen molar-refractivity contribution >= 4 is 33.6 Å². The quantitative estimate of drug-likeness (QED) is 0.612. The van der Waals surface area contributed by atoms with Gasteiger partial charge in [0.1, 0.15) is 0 Å². The second-order valence-electron chi connectivity index (χ2n) is 6.62. The first kappa shape index (κ1) is 23.5. The van der Waals surface area contributed by atoms with E-state index >= 15 is 0 Å². The molecule has 0 spiro atoms. The lowest BCUT2D eigenvalue weighted by Crippen LogP contribution is -2.34. The maximum atomic E-state index is 12.2. The fraction of sp³-hybridized carbons (Fsp3) is 0.300. The maximum absolute atomic E-state index is 12.2. The fourth-order valence-electron chi connectivity index (χ4n) is 2.39. The number of ether oxygens (including phenoxy) is 1. The number of hydroxylamine groups is 2. The number of rotatable bonds is 8. The van der Waals surface area contributed by atoms with Crippen molar-refractivity contribution in [2.75, 3.05) is 6.54 Å². The molecule has 0 aromatic heterocycles. The summed E-state index contributed by atoms with van der Waals surface area (Å²) in [5.41, 5.74) is 0.777. The molecule has 2 aromatic carbocycles. The van der Waals surface area contributed by atoms with Gasteiger partial charge in [0.05, 0.1) is 17.5 Å². The molecule has 0 radical (unpaired) electrons. The monoisotopic (exact) mass is 454 g/mol. The van der Waals surface area contributed by atoms with E-state index in [0.29, 0.717) is 17.2 Å². The van der Waals surface area contributed by atoms with Crippen molar-refractivity contribution in [3.05, 3.63) is 59.1 Å². The minimum absolute atomic E-state index is 0.0782. The molecule has 0 aliphatic rings. The first-order valence-corrected chi connectivity index (χ1v) is 11.0. The SMILES string of the molecule is CC(=O)N(CCc1ccc(S(=O)(=O)NC(=O)OC(C)C)cc1)Oc1cccc(Cl)c1. The standard InChI is InChI=1S/C20H23ClN2O6S/c1-14(2)28-20(25)22-30(26,27)19-9-7-16(8-10-19)11-12-23(15(3)24)29-18-6-4-5-17(21)13-18/h4-10,13-14H,11-12H2,1-3H3,(H,22,25). The molecule has 2 amide bonds. The third kappa shape index (κ3) is 7.23. The Morgan fingerprint density at radius 1 is 1.13 bits per heavy atom. The van der Waals surface area contributed by atoms with E-state index in [2.05, 4.69) is 0 Å². The molecule has 10 heteroatoms. The number of benzene rings is 2. The molecule has 0 bridgehead atoms. The lowest BCUT2D eigenvalue weighted by Gasteiger charge is -2.21. The molecule has 2 aromatic rings. The van der Waals surface area contributed by atoms with E-state index in [1.807, 2.05) is 4.72 Å². The molecule has 2 rings (SSSR count). The number of nitrogens with zero attached hydrogens (tertiary/aromatic N) is 1. The van der Waals surface area contributed by atoms with Crippen molar-refractivity contribution in [3.63, 3.8) is 0 Å². The number of carbonyl (C=O) groups excluding carboxylic acids is 2. The van der Waals surface area contributed by atoms with Crippen LogP contribution in [0.2, 0.25) is 5.02 Å². The summed E-state index contributed by atoms with van der Waals surface area (Å²) >= 11 is 5.92. The van der Waals surface area contributed by atoms with Gasteiger partial charge in [-0.05, 0) is 50.1 Å². The number of hydrogen-bond acceptors (Lipinski definition) is 6. The molecule has 0 aliphatic heterocycles. The normalized spacial score (nSPS) is 11.1. The minimum Gasteiger partial charge on any atom is -0.446 e. The Bertz CT molecular complexity index is 993. The van der Waals surface area contributed by atoms with Gasteiger partial charge in [-0.1, -0.05) is 29.8 Å². The molecular weight excluding hydrogens is 432 g/mol. The first-order chi connectivity index (χ1) is 14.1. The van der Waals surface area contributed by atoms with Crippen molar-refractivity contribution in [1.29, 1.82) is 0 Å². The molecule has 0 fully saturated rings. The average molecular weight is 455 g/mol. The summed E-state index contributed by atoms with van der Waals surface area (Å²) in [6.07, 6.45) is -1.06. The predicted molar refractivity (Wildman–Crippen MR) is 112 cm³/mol. The zero-order chi connectivity index (χ0) is 22.3. The van der Waals surface area contributed by atoms with Gasteiger partial charge >= 0.3 is 6.09 Å². The molecule has 8 nitrogen and oxygen atoms in total. The third-order valence-electron chi connectivity index (χ3n) is 3.76. The third-order valence-corrected chi connectivity index (χ3v) is 5.32. The summed E-state index contributed by atoms with van der Waals surface area (Å²) < 4.78 is 31.1. The van der Waals surface area contributed by atoms with Crippen LogP contribution < -0.4 is 9.56 Å². The van der Waals surface area contributed by atoms with Crippen LogP contribution in [-0.4, -0.2) is 38.1 Å². The number of hydrogen-bond donors (Lipinski definition) is 1. The van der Waals surface area contributed by atoms with Crippen LogP contribution >= 0.6 is 11.6 Å². The molecule has 0 aliphatic carbocycles. The number of amides is 2. The van der Waals surface area contributed by atoms with Crippen LogP contribution in [0, 0.1) is 0 Å². The summed E-state index contributed by atoms with van der Waals surface area (Å²) in [5.74, 6) is 0.139. The maximum Gasteiger partial charge on any atom is 0.421 e. The summed E-state index contributed by atoms with van der Waals surface area (Å²) in [7, 11) is -4.04. The molecular formula is C20H23ClN2O6S. The van der Waals surface area contributed by atoms with Crippen molar-refractivity contribution in [2.24, 2.45) is 0 Å². The van der Waals surface area contributed by atoms with E-state index in [-0.39, 0.29) is 17.3 Å². The number of halogens is 1. The van der Waals surface area contributed by atoms with E-state index in [1.165, 1.54) is 24.1 Å². The Morgan fingerprint density at radius 3 is 2.37 bits per heavy atom. The van der Waals surface area contributed by atoms with E-state index in [9.17, 15) is 18.0 Å². The molecule has 162 valence electrons. The van der Waals surface area contributed by atoms with Crippen molar-refractivity contribution in [3.8, 4) is 5.75 Å². The largest absolute Gasteiger partial charge is 0.446 e. The minimum atomic E-state index is -4.04.